The first-order valence-corrected chi connectivity index (χ1v) is 6.06. The van der Waals surface area contributed by atoms with Crippen LogP contribution in [-0.2, 0) is 9.63 Å². The fourth-order valence-corrected chi connectivity index (χ4v) is 1.71. The van der Waals surface area contributed by atoms with Gasteiger partial charge in [-0.15, -0.1) is 0 Å². The summed E-state index contributed by atoms with van der Waals surface area (Å²) >= 11 is 5.82. The second-order valence-electron chi connectivity index (χ2n) is 4.57. The van der Waals surface area contributed by atoms with Gasteiger partial charge in [0.2, 0.25) is 0 Å². The molecule has 0 aliphatic carbocycles. The topological polar surface area (TPSA) is 58.6 Å². The zero-order valence-electron chi connectivity index (χ0n) is 11.4. The molecule has 0 aromatic heterocycles. The number of hydroxylamine groups is 2. The Bertz CT molecular complexity index is 489. The van der Waals surface area contributed by atoms with Crippen molar-refractivity contribution in [3.8, 4) is 0 Å². The van der Waals surface area contributed by atoms with Crippen molar-refractivity contribution in [1.29, 1.82) is 0 Å². The lowest BCUT2D eigenvalue weighted by Crippen LogP contribution is -2.54. The lowest BCUT2D eigenvalue weighted by Gasteiger charge is -2.28. The average molecular weight is 285 g/mol. The Balaban J connectivity index is 2.83. The number of halogens is 1. The quantitative estimate of drug-likeness (QED) is 0.859. The standard InChI is InChI=1S/C13H17ClN2O3/c1-13(2,12(18)16(3)19-4)15-11(17)9-6-5-7-10(14)8-9/h5-8H,1-4H3,(H,15,17). The van der Waals surface area contributed by atoms with Crippen LogP contribution >= 0.6 is 11.6 Å². The minimum atomic E-state index is -1.08. The molecule has 0 fully saturated rings. The number of hydrogen-bond acceptors (Lipinski definition) is 3. The van der Waals surface area contributed by atoms with E-state index in [9.17, 15) is 9.59 Å². The van der Waals surface area contributed by atoms with E-state index in [0.29, 0.717) is 10.6 Å². The smallest absolute Gasteiger partial charge is 0.270 e. The second kappa shape index (κ2) is 6.04. The molecule has 104 valence electrons. The van der Waals surface area contributed by atoms with Crippen molar-refractivity contribution in [2.45, 2.75) is 19.4 Å². The van der Waals surface area contributed by atoms with Gasteiger partial charge in [0, 0.05) is 17.6 Å². The van der Waals surface area contributed by atoms with Crippen LogP contribution in [0, 0.1) is 0 Å². The summed E-state index contributed by atoms with van der Waals surface area (Å²) in [4.78, 5) is 28.9. The highest BCUT2D eigenvalue weighted by Crippen LogP contribution is 2.13. The summed E-state index contributed by atoms with van der Waals surface area (Å²) in [6.45, 7) is 3.21. The summed E-state index contributed by atoms with van der Waals surface area (Å²) in [6, 6.07) is 6.51. The average Bonchev–Trinajstić information content (AvgIpc) is 2.36. The summed E-state index contributed by atoms with van der Waals surface area (Å²) in [5.41, 5.74) is -0.682. The van der Waals surface area contributed by atoms with Crippen molar-refractivity contribution < 1.29 is 14.4 Å². The molecule has 2 amide bonds. The van der Waals surface area contributed by atoms with E-state index in [-0.39, 0.29) is 11.8 Å². The largest absolute Gasteiger partial charge is 0.338 e. The first kappa shape index (κ1) is 15.5. The van der Waals surface area contributed by atoms with E-state index in [1.807, 2.05) is 0 Å². The van der Waals surface area contributed by atoms with E-state index in [4.69, 9.17) is 16.4 Å². The molecule has 0 atom stereocenters. The third-order valence-corrected chi connectivity index (χ3v) is 2.84. The van der Waals surface area contributed by atoms with Crippen molar-refractivity contribution in [1.82, 2.24) is 10.4 Å². The normalized spacial score (nSPS) is 11.0. The van der Waals surface area contributed by atoms with Crippen LogP contribution in [0.2, 0.25) is 5.02 Å². The molecule has 0 heterocycles. The zero-order valence-corrected chi connectivity index (χ0v) is 12.1. The SMILES string of the molecule is CON(C)C(=O)C(C)(C)NC(=O)c1cccc(Cl)c1. The number of carbonyl (C=O) groups is 2. The Morgan fingerprint density at radius 1 is 1.37 bits per heavy atom. The highest BCUT2D eigenvalue weighted by Gasteiger charge is 2.32. The van der Waals surface area contributed by atoms with Crippen molar-refractivity contribution >= 4 is 23.4 Å². The van der Waals surface area contributed by atoms with Crippen molar-refractivity contribution in [2.24, 2.45) is 0 Å². The molecule has 5 nitrogen and oxygen atoms in total. The van der Waals surface area contributed by atoms with Crippen LogP contribution in [0.4, 0.5) is 0 Å². The zero-order chi connectivity index (χ0) is 14.6. The van der Waals surface area contributed by atoms with Gasteiger partial charge in [-0.25, -0.2) is 5.06 Å². The van der Waals surface area contributed by atoms with Crippen molar-refractivity contribution in [2.75, 3.05) is 14.2 Å². The van der Waals surface area contributed by atoms with Gasteiger partial charge >= 0.3 is 0 Å². The second-order valence-corrected chi connectivity index (χ2v) is 5.01. The van der Waals surface area contributed by atoms with Gasteiger partial charge in [-0.1, -0.05) is 17.7 Å². The van der Waals surface area contributed by atoms with Gasteiger partial charge < -0.3 is 5.32 Å². The Kier molecular flexibility index (Phi) is 4.91. The monoisotopic (exact) mass is 284 g/mol. The van der Waals surface area contributed by atoms with Gasteiger partial charge in [0.1, 0.15) is 5.54 Å². The number of amides is 2. The van der Waals surface area contributed by atoms with Gasteiger partial charge in [0.05, 0.1) is 7.11 Å². The molecular formula is C13H17ClN2O3. The van der Waals surface area contributed by atoms with Gasteiger partial charge in [-0.3, -0.25) is 14.4 Å². The van der Waals surface area contributed by atoms with Crippen LogP contribution in [-0.4, -0.2) is 36.6 Å². The number of benzene rings is 1. The van der Waals surface area contributed by atoms with E-state index in [2.05, 4.69) is 5.32 Å². The van der Waals surface area contributed by atoms with Gasteiger partial charge in [0.15, 0.2) is 0 Å². The van der Waals surface area contributed by atoms with Crippen LogP contribution in [0.15, 0.2) is 24.3 Å². The number of likely N-dealkylation sites (N-methyl/N-ethyl adjacent to an activating group) is 1. The van der Waals surface area contributed by atoms with E-state index >= 15 is 0 Å². The fourth-order valence-electron chi connectivity index (χ4n) is 1.52. The molecular weight excluding hydrogens is 268 g/mol. The highest BCUT2D eigenvalue weighted by molar-refractivity contribution is 6.31. The number of rotatable bonds is 4. The summed E-state index contributed by atoms with van der Waals surface area (Å²) < 4.78 is 0. The van der Waals surface area contributed by atoms with Crippen LogP contribution in [0.5, 0.6) is 0 Å². The van der Waals surface area contributed by atoms with E-state index in [1.54, 1.807) is 32.0 Å². The molecule has 1 rings (SSSR count). The molecule has 0 spiro atoms. The van der Waals surface area contributed by atoms with Crippen molar-refractivity contribution in [3.63, 3.8) is 0 Å². The van der Waals surface area contributed by atoms with E-state index in [0.717, 1.165) is 5.06 Å². The van der Waals surface area contributed by atoms with Gasteiger partial charge in [-0.2, -0.15) is 0 Å². The molecule has 1 aromatic rings. The van der Waals surface area contributed by atoms with Gasteiger partial charge in [-0.05, 0) is 32.0 Å². The Labute approximate surface area is 117 Å². The highest BCUT2D eigenvalue weighted by atomic mass is 35.5. The van der Waals surface area contributed by atoms with E-state index in [1.165, 1.54) is 20.2 Å². The molecule has 0 radical (unpaired) electrons. The molecule has 1 N–H and O–H groups in total. The predicted molar refractivity (Wildman–Crippen MR) is 72.8 cm³/mol. The first-order chi connectivity index (χ1) is 8.77. The van der Waals surface area contributed by atoms with Crippen LogP contribution < -0.4 is 5.32 Å². The molecule has 19 heavy (non-hydrogen) atoms. The molecule has 0 saturated heterocycles. The predicted octanol–water partition coefficient (Wildman–Crippen LogP) is 1.87. The minimum absolute atomic E-state index is 0.356. The third kappa shape index (κ3) is 3.94. The number of nitrogens with zero attached hydrogens (tertiary/aromatic N) is 1. The maximum Gasteiger partial charge on any atom is 0.270 e. The minimum Gasteiger partial charge on any atom is -0.338 e. The third-order valence-electron chi connectivity index (χ3n) is 2.61. The maximum absolute atomic E-state index is 12.0. The van der Waals surface area contributed by atoms with Crippen molar-refractivity contribution in [3.05, 3.63) is 34.9 Å². The lowest BCUT2D eigenvalue weighted by atomic mass is 10.0. The van der Waals surface area contributed by atoms with Gasteiger partial charge in [0.25, 0.3) is 11.8 Å². The number of hydrogen-bond donors (Lipinski definition) is 1. The van der Waals surface area contributed by atoms with E-state index < -0.39 is 5.54 Å². The maximum atomic E-state index is 12.0. The number of carbonyl (C=O) groups excluding carboxylic acids is 2. The summed E-state index contributed by atoms with van der Waals surface area (Å²) in [5, 5.41) is 4.18. The molecule has 0 unspecified atom stereocenters. The summed E-state index contributed by atoms with van der Waals surface area (Å²) in [6.07, 6.45) is 0. The Morgan fingerprint density at radius 3 is 2.53 bits per heavy atom. The lowest BCUT2D eigenvalue weighted by molar-refractivity contribution is -0.174. The van der Waals surface area contributed by atoms with Crippen LogP contribution in [0.25, 0.3) is 0 Å². The molecule has 1 aromatic carbocycles. The first-order valence-electron chi connectivity index (χ1n) is 5.68. The molecule has 0 aliphatic rings. The molecule has 0 saturated carbocycles. The van der Waals surface area contributed by atoms with Crippen LogP contribution in [0.1, 0.15) is 24.2 Å². The summed E-state index contributed by atoms with van der Waals surface area (Å²) in [7, 11) is 2.86. The molecule has 0 aliphatic heterocycles. The summed E-state index contributed by atoms with van der Waals surface area (Å²) in [5.74, 6) is -0.726. The van der Waals surface area contributed by atoms with Crippen LogP contribution in [0.3, 0.4) is 0 Å². The molecule has 6 heteroatoms. The Morgan fingerprint density at radius 2 is 2.00 bits per heavy atom. The number of nitrogens with one attached hydrogen (secondary N) is 1. The molecule has 0 bridgehead atoms. The fraction of sp³-hybridized carbons (Fsp3) is 0.385. The Hall–Kier alpha value is -1.59.